The molecule has 1 aliphatic rings. The zero-order chi connectivity index (χ0) is 9.97. The summed E-state index contributed by atoms with van der Waals surface area (Å²) in [6, 6.07) is 8.72. The van der Waals surface area contributed by atoms with Gasteiger partial charge in [-0.15, -0.1) is 6.58 Å². The van der Waals surface area contributed by atoms with Gasteiger partial charge in [-0.3, -0.25) is 0 Å². The predicted octanol–water partition coefficient (Wildman–Crippen LogP) is 1.56. The van der Waals surface area contributed by atoms with Gasteiger partial charge in [-0.05, 0) is 18.1 Å². The predicted molar refractivity (Wildman–Crippen MR) is 60.5 cm³/mol. The third-order valence-electron chi connectivity index (χ3n) is 2.62. The van der Waals surface area contributed by atoms with Gasteiger partial charge >= 0.3 is 0 Å². The Morgan fingerprint density at radius 1 is 1.50 bits per heavy atom. The summed E-state index contributed by atoms with van der Waals surface area (Å²) in [5.74, 6) is 0. The fraction of sp³-hybridized carbons (Fsp3) is 0.333. The molecule has 0 saturated heterocycles. The second-order valence-electron chi connectivity index (χ2n) is 3.79. The highest BCUT2D eigenvalue weighted by atomic mass is 15.1. The molecule has 2 rings (SSSR count). The van der Waals surface area contributed by atoms with Gasteiger partial charge in [-0.25, -0.2) is 0 Å². The molecule has 1 aromatic rings. The lowest BCUT2D eigenvalue weighted by Crippen LogP contribution is -2.43. The zero-order valence-electron chi connectivity index (χ0n) is 8.32. The van der Waals surface area contributed by atoms with Crippen molar-refractivity contribution in [1.29, 1.82) is 0 Å². The van der Waals surface area contributed by atoms with Crippen LogP contribution in [0.25, 0.3) is 0 Å². The van der Waals surface area contributed by atoms with Gasteiger partial charge in [-0.2, -0.15) is 0 Å². The van der Waals surface area contributed by atoms with E-state index in [2.05, 4.69) is 35.7 Å². The summed E-state index contributed by atoms with van der Waals surface area (Å²) in [5, 5.41) is 0. The molecule has 14 heavy (non-hydrogen) atoms. The summed E-state index contributed by atoms with van der Waals surface area (Å²) in [6.45, 7) is 5.58. The van der Waals surface area contributed by atoms with E-state index in [-0.39, 0.29) is 6.04 Å². The van der Waals surface area contributed by atoms with E-state index in [0.717, 1.165) is 19.5 Å². The minimum absolute atomic E-state index is 0.254. The van der Waals surface area contributed by atoms with Crippen molar-refractivity contribution in [2.75, 3.05) is 18.0 Å². The van der Waals surface area contributed by atoms with Gasteiger partial charge in [-0.1, -0.05) is 24.3 Å². The fourth-order valence-corrected chi connectivity index (χ4v) is 2.05. The first kappa shape index (κ1) is 9.28. The Hall–Kier alpha value is -1.28. The number of rotatable bonds is 2. The molecule has 0 spiro atoms. The lowest BCUT2D eigenvalue weighted by atomic mass is 9.98. The molecule has 2 nitrogen and oxygen atoms in total. The van der Waals surface area contributed by atoms with Crippen LogP contribution < -0.4 is 10.6 Å². The van der Waals surface area contributed by atoms with Crippen LogP contribution in [0.3, 0.4) is 0 Å². The maximum atomic E-state index is 5.99. The van der Waals surface area contributed by atoms with Crippen molar-refractivity contribution in [3.05, 3.63) is 42.5 Å². The minimum Gasteiger partial charge on any atom is -0.366 e. The van der Waals surface area contributed by atoms with Crippen molar-refractivity contribution in [3.63, 3.8) is 0 Å². The average Bonchev–Trinajstić information content (AvgIpc) is 2.18. The summed E-state index contributed by atoms with van der Waals surface area (Å²) < 4.78 is 0. The highest BCUT2D eigenvalue weighted by Crippen LogP contribution is 2.25. The molecule has 1 heterocycles. The number of anilines is 1. The maximum absolute atomic E-state index is 5.99. The standard InChI is InChI=1S/C12H16N2/c1-2-7-14-9-11(13)8-10-5-3-4-6-12(10)14/h2-6,11H,1,7-9,13H2. The molecule has 1 atom stereocenters. The van der Waals surface area contributed by atoms with Crippen molar-refractivity contribution in [3.8, 4) is 0 Å². The third kappa shape index (κ3) is 1.66. The first-order chi connectivity index (χ1) is 6.81. The molecule has 1 aliphatic heterocycles. The van der Waals surface area contributed by atoms with Crippen LogP contribution in [0.4, 0.5) is 5.69 Å². The third-order valence-corrected chi connectivity index (χ3v) is 2.62. The molecule has 0 radical (unpaired) electrons. The van der Waals surface area contributed by atoms with Crippen molar-refractivity contribution < 1.29 is 0 Å². The highest BCUT2D eigenvalue weighted by molar-refractivity contribution is 5.56. The first-order valence-electron chi connectivity index (χ1n) is 5.00. The van der Waals surface area contributed by atoms with E-state index in [4.69, 9.17) is 5.73 Å². The number of para-hydroxylation sites is 1. The van der Waals surface area contributed by atoms with E-state index in [1.807, 2.05) is 6.08 Å². The minimum atomic E-state index is 0.254. The van der Waals surface area contributed by atoms with Crippen LogP contribution >= 0.6 is 0 Å². The van der Waals surface area contributed by atoms with Gasteiger partial charge in [0.25, 0.3) is 0 Å². The van der Waals surface area contributed by atoms with Crippen LogP contribution in [0.15, 0.2) is 36.9 Å². The van der Waals surface area contributed by atoms with Crippen molar-refractivity contribution >= 4 is 5.69 Å². The molecule has 1 unspecified atom stereocenters. The van der Waals surface area contributed by atoms with E-state index < -0.39 is 0 Å². The van der Waals surface area contributed by atoms with Gasteiger partial charge in [0, 0.05) is 24.8 Å². The Morgan fingerprint density at radius 2 is 2.29 bits per heavy atom. The topological polar surface area (TPSA) is 29.3 Å². The van der Waals surface area contributed by atoms with Gasteiger partial charge in [0.1, 0.15) is 0 Å². The zero-order valence-corrected chi connectivity index (χ0v) is 8.32. The fourth-order valence-electron chi connectivity index (χ4n) is 2.05. The molecule has 0 saturated carbocycles. The van der Waals surface area contributed by atoms with Gasteiger partial charge in [0.2, 0.25) is 0 Å². The van der Waals surface area contributed by atoms with Gasteiger partial charge < -0.3 is 10.6 Å². The summed E-state index contributed by atoms with van der Waals surface area (Å²) in [5.41, 5.74) is 8.66. The molecule has 2 heteroatoms. The number of nitrogens with two attached hydrogens (primary N) is 1. The molecular weight excluding hydrogens is 172 g/mol. The Bertz CT molecular complexity index is 333. The highest BCUT2D eigenvalue weighted by Gasteiger charge is 2.20. The molecule has 0 aromatic heterocycles. The Labute approximate surface area is 85.0 Å². The van der Waals surface area contributed by atoms with Crippen LogP contribution in [0.2, 0.25) is 0 Å². The SMILES string of the molecule is C=CCN1CC(N)Cc2ccccc21. The lowest BCUT2D eigenvalue weighted by Gasteiger charge is -2.33. The van der Waals surface area contributed by atoms with Crippen molar-refractivity contribution in [2.24, 2.45) is 5.73 Å². The molecule has 2 N–H and O–H groups in total. The molecular formula is C12H16N2. The number of hydrogen-bond acceptors (Lipinski definition) is 2. The number of benzene rings is 1. The summed E-state index contributed by atoms with van der Waals surface area (Å²) in [4.78, 5) is 2.29. The van der Waals surface area contributed by atoms with Crippen molar-refractivity contribution in [2.45, 2.75) is 12.5 Å². The number of nitrogens with zero attached hydrogens (tertiary/aromatic N) is 1. The molecule has 0 bridgehead atoms. The van der Waals surface area contributed by atoms with Crippen LogP contribution in [-0.2, 0) is 6.42 Å². The number of fused-ring (bicyclic) bond motifs is 1. The second-order valence-corrected chi connectivity index (χ2v) is 3.79. The van der Waals surface area contributed by atoms with E-state index in [1.165, 1.54) is 11.3 Å². The Kier molecular flexibility index (Phi) is 2.55. The van der Waals surface area contributed by atoms with Gasteiger partial charge in [0.15, 0.2) is 0 Å². The Morgan fingerprint density at radius 3 is 3.07 bits per heavy atom. The average molecular weight is 188 g/mol. The van der Waals surface area contributed by atoms with Crippen LogP contribution in [0.5, 0.6) is 0 Å². The molecule has 0 amide bonds. The maximum Gasteiger partial charge on any atom is 0.0402 e. The van der Waals surface area contributed by atoms with E-state index in [0.29, 0.717) is 0 Å². The van der Waals surface area contributed by atoms with Gasteiger partial charge in [0.05, 0.1) is 0 Å². The summed E-state index contributed by atoms with van der Waals surface area (Å²) >= 11 is 0. The summed E-state index contributed by atoms with van der Waals surface area (Å²) in [7, 11) is 0. The van der Waals surface area contributed by atoms with Crippen molar-refractivity contribution in [1.82, 2.24) is 0 Å². The molecule has 74 valence electrons. The van der Waals surface area contributed by atoms with Crippen LogP contribution in [0.1, 0.15) is 5.56 Å². The van der Waals surface area contributed by atoms with E-state index in [9.17, 15) is 0 Å². The first-order valence-corrected chi connectivity index (χ1v) is 5.00. The van der Waals surface area contributed by atoms with E-state index >= 15 is 0 Å². The monoisotopic (exact) mass is 188 g/mol. The number of hydrogen-bond donors (Lipinski definition) is 1. The summed E-state index contributed by atoms with van der Waals surface area (Å²) in [6.07, 6.45) is 2.92. The molecule has 0 fully saturated rings. The van der Waals surface area contributed by atoms with Crippen LogP contribution in [-0.4, -0.2) is 19.1 Å². The normalized spacial score (nSPS) is 20.4. The molecule has 1 aromatic carbocycles. The Balaban J connectivity index is 2.33. The quantitative estimate of drug-likeness (QED) is 0.714. The van der Waals surface area contributed by atoms with E-state index in [1.54, 1.807) is 0 Å². The largest absolute Gasteiger partial charge is 0.366 e. The second kappa shape index (κ2) is 3.84. The van der Waals surface area contributed by atoms with Crippen LogP contribution in [0, 0.1) is 0 Å². The molecule has 0 aliphatic carbocycles. The lowest BCUT2D eigenvalue weighted by molar-refractivity contribution is 0.616. The smallest absolute Gasteiger partial charge is 0.0402 e.